The highest BCUT2D eigenvalue weighted by Crippen LogP contribution is 2.17. The van der Waals surface area contributed by atoms with Gasteiger partial charge in [-0.05, 0) is 5.92 Å². The summed E-state index contributed by atoms with van der Waals surface area (Å²) in [5.41, 5.74) is 5.53. The van der Waals surface area contributed by atoms with Gasteiger partial charge in [-0.2, -0.15) is 4.98 Å². The van der Waals surface area contributed by atoms with Gasteiger partial charge in [-0.1, -0.05) is 31.9 Å². The van der Waals surface area contributed by atoms with E-state index in [2.05, 4.69) is 23.8 Å². The zero-order valence-electron chi connectivity index (χ0n) is 9.37. The van der Waals surface area contributed by atoms with Crippen LogP contribution in [0.2, 0.25) is 5.15 Å². The number of hydrogen-bond acceptors (Lipinski definition) is 4. The second kappa shape index (κ2) is 5.16. The van der Waals surface area contributed by atoms with E-state index in [1.807, 2.05) is 11.9 Å². The second-order valence-corrected chi connectivity index (χ2v) is 4.19. The van der Waals surface area contributed by atoms with E-state index >= 15 is 0 Å². The first-order valence-electron chi connectivity index (χ1n) is 5.04. The highest BCUT2D eigenvalue weighted by molar-refractivity contribution is 6.29. The van der Waals surface area contributed by atoms with Crippen LogP contribution >= 0.6 is 11.6 Å². The molecule has 1 unspecified atom stereocenters. The Bertz CT molecular complexity index is 309. The fourth-order valence-corrected chi connectivity index (χ4v) is 1.49. The van der Waals surface area contributed by atoms with Crippen molar-refractivity contribution < 1.29 is 0 Å². The number of halogens is 1. The summed E-state index contributed by atoms with van der Waals surface area (Å²) in [6, 6.07) is 1.72. The number of rotatable bonds is 4. The molecule has 0 spiro atoms. The van der Waals surface area contributed by atoms with Crippen LogP contribution in [0.3, 0.4) is 0 Å². The zero-order valence-corrected chi connectivity index (χ0v) is 10.1. The van der Waals surface area contributed by atoms with Crippen molar-refractivity contribution in [2.75, 3.05) is 24.2 Å². The first kappa shape index (κ1) is 12.0. The zero-order chi connectivity index (χ0) is 11.4. The van der Waals surface area contributed by atoms with Gasteiger partial charge in [-0.3, -0.25) is 0 Å². The lowest BCUT2D eigenvalue weighted by atomic mass is 10.1. The molecular formula is C10H17ClN4. The van der Waals surface area contributed by atoms with Gasteiger partial charge in [0, 0.05) is 19.7 Å². The predicted molar refractivity (Wildman–Crippen MR) is 64.2 cm³/mol. The SMILES string of the molecule is CCC(C)CN(C)c1cc(Cl)nc(N)n1. The fraction of sp³-hybridized carbons (Fsp3) is 0.600. The Balaban J connectivity index is 2.77. The maximum Gasteiger partial charge on any atom is 0.223 e. The Hall–Kier alpha value is -1.03. The monoisotopic (exact) mass is 228 g/mol. The van der Waals surface area contributed by atoms with E-state index in [-0.39, 0.29) is 5.95 Å². The van der Waals surface area contributed by atoms with E-state index in [4.69, 9.17) is 17.3 Å². The second-order valence-electron chi connectivity index (χ2n) is 3.80. The fourth-order valence-electron chi connectivity index (χ4n) is 1.31. The van der Waals surface area contributed by atoms with E-state index in [1.165, 1.54) is 0 Å². The summed E-state index contributed by atoms with van der Waals surface area (Å²) in [6.45, 7) is 5.30. The molecule has 0 saturated carbocycles. The van der Waals surface area contributed by atoms with Crippen molar-refractivity contribution >= 4 is 23.4 Å². The van der Waals surface area contributed by atoms with Gasteiger partial charge in [0.25, 0.3) is 0 Å². The van der Waals surface area contributed by atoms with E-state index < -0.39 is 0 Å². The van der Waals surface area contributed by atoms with Crippen molar-refractivity contribution in [3.8, 4) is 0 Å². The van der Waals surface area contributed by atoms with Crippen LogP contribution in [0.15, 0.2) is 6.07 Å². The van der Waals surface area contributed by atoms with Crippen LogP contribution in [0.4, 0.5) is 11.8 Å². The van der Waals surface area contributed by atoms with E-state index in [9.17, 15) is 0 Å². The summed E-state index contributed by atoms with van der Waals surface area (Å²) in [7, 11) is 1.98. The van der Waals surface area contributed by atoms with Crippen LogP contribution < -0.4 is 10.6 Å². The topological polar surface area (TPSA) is 55.0 Å². The Morgan fingerprint density at radius 1 is 1.53 bits per heavy atom. The van der Waals surface area contributed by atoms with Crippen molar-refractivity contribution in [3.05, 3.63) is 11.2 Å². The standard InChI is InChI=1S/C10H17ClN4/c1-4-7(2)6-15(3)9-5-8(11)13-10(12)14-9/h5,7H,4,6H2,1-3H3,(H2,12,13,14). The summed E-state index contributed by atoms with van der Waals surface area (Å²) in [6.07, 6.45) is 1.14. The van der Waals surface area contributed by atoms with Gasteiger partial charge in [0.05, 0.1) is 0 Å². The predicted octanol–water partition coefficient (Wildman–Crippen LogP) is 2.19. The number of nitrogens with zero attached hydrogens (tertiary/aromatic N) is 3. The summed E-state index contributed by atoms with van der Waals surface area (Å²) in [5, 5.41) is 0.383. The molecule has 2 N–H and O–H groups in total. The minimum atomic E-state index is 0.216. The van der Waals surface area contributed by atoms with Gasteiger partial charge in [0.15, 0.2) is 0 Å². The van der Waals surface area contributed by atoms with Crippen molar-refractivity contribution in [1.29, 1.82) is 0 Å². The first-order valence-corrected chi connectivity index (χ1v) is 5.42. The molecule has 5 heteroatoms. The molecule has 0 bridgehead atoms. The molecule has 0 aliphatic rings. The third-order valence-electron chi connectivity index (χ3n) is 2.37. The van der Waals surface area contributed by atoms with Crippen molar-refractivity contribution in [3.63, 3.8) is 0 Å². The largest absolute Gasteiger partial charge is 0.368 e. The highest BCUT2D eigenvalue weighted by Gasteiger charge is 2.08. The Labute approximate surface area is 95.5 Å². The van der Waals surface area contributed by atoms with E-state index in [0.717, 1.165) is 18.8 Å². The van der Waals surface area contributed by atoms with Gasteiger partial charge in [-0.25, -0.2) is 4.98 Å². The van der Waals surface area contributed by atoms with Crippen LogP contribution in [-0.4, -0.2) is 23.6 Å². The molecule has 1 rings (SSSR count). The van der Waals surface area contributed by atoms with Crippen molar-refractivity contribution in [1.82, 2.24) is 9.97 Å². The number of nitrogen functional groups attached to an aromatic ring is 1. The third kappa shape index (κ3) is 3.55. The van der Waals surface area contributed by atoms with Gasteiger partial charge in [0.2, 0.25) is 5.95 Å². The summed E-state index contributed by atoms with van der Waals surface area (Å²) < 4.78 is 0. The van der Waals surface area contributed by atoms with Crippen molar-refractivity contribution in [2.45, 2.75) is 20.3 Å². The molecule has 1 heterocycles. The minimum absolute atomic E-state index is 0.216. The molecule has 0 radical (unpaired) electrons. The van der Waals surface area contributed by atoms with Crippen LogP contribution in [0.1, 0.15) is 20.3 Å². The maximum atomic E-state index is 5.81. The van der Waals surface area contributed by atoms with Gasteiger partial charge in [-0.15, -0.1) is 0 Å². The smallest absolute Gasteiger partial charge is 0.223 e. The molecule has 0 amide bonds. The van der Waals surface area contributed by atoms with Crippen LogP contribution in [0.5, 0.6) is 0 Å². The van der Waals surface area contributed by atoms with Gasteiger partial charge >= 0.3 is 0 Å². The normalized spacial score (nSPS) is 12.5. The third-order valence-corrected chi connectivity index (χ3v) is 2.57. The summed E-state index contributed by atoms with van der Waals surface area (Å²) >= 11 is 5.81. The number of hydrogen-bond donors (Lipinski definition) is 1. The lowest BCUT2D eigenvalue weighted by molar-refractivity contribution is 0.557. The van der Waals surface area contributed by atoms with Crippen LogP contribution in [-0.2, 0) is 0 Å². The molecule has 0 aliphatic heterocycles. The summed E-state index contributed by atoms with van der Waals surface area (Å²) in [4.78, 5) is 9.99. The molecule has 0 aliphatic carbocycles. The molecule has 0 saturated heterocycles. The number of anilines is 2. The van der Waals surface area contributed by atoms with Crippen LogP contribution in [0, 0.1) is 5.92 Å². The average Bonchev–Trinajstić information content (AvgIpc) is 2.16. The lowest BCUT2D eigenvalue weighted by Crippen LogP contribution is -2.24. The van der Waals surface area contributed by atoms with Gasteiger partial charge in [0.1, 0.15) is 11.0 Å². The molecule has 1 aromatic heterocycles. The molecule has 84 valence electrons. The quantitative estimate of drug-likeness (QED) is 0.803. The number of aromatic nitrogens is 2. The molecule has 4 nitrogen and oxygen atoms in total. The Morgan fingerprint density at radius 3 is 2.73 bits per heavy atom. The molecule has 0 fully saturated rings. The van der Waals surface area contributed by atoms with E-state index in [0.29, 0.717) is 11.1 Å². The highest BCUT2D eigenvalue weighted by atomic mass is 35.5. The average molecular weight is 229 g/mol. The molecule has 1 aromatic rings. The lowest BCUT2D eigenvalue weighted by Gasteiger charge is -2.21. The Kier molecular flexibility index (Phi) is 4.15. The molecular weight excluding hydrogens is 212 g/mol. The van der Waals surface area contributed by atoms with Crippen molar-refractivity contribution in [2.24, 2.45) is 5.92 Å². The van der Waals surface area contributed by atoms with Gasteiger partial charge < -0.3 is 10.6 Å². The maximum absolute atomic E-state index is 5.81. The first-order chi connectivity index (χ1) is 7.02. The minimum Gasteiger partial charge on any atom is -0.368 e. The Morgan fingerprint density at radius 2 is 2.20 bits per heavy atom. The molecule has 0 aromatic carbocycles. The number of nitrogens with two attached hydrogens (primary N) is 1. The van der Waals surface area contributed by atoms with E-state index in [1.54, 1.807) is 6.07 Å². The molecule has 15 heavy (non-hydrogen) atoms. The van der Waals surface area contributed by atoms with Crippen LogP contribution in [0.25, 0.3) is 0 Å². The molecule has 1 atom stereocenters. The summed E-state index contributed by atoms with van der Waals surface area (Å²) in [5.74, 6) is 1.60.